The van der Waals surface area contributed by atoms with Crippen molar-refractivity contribution in [2.75, 3.05) is 18.8 Å². The minimum absolute atomic E-state index is 0.0664. The summed E-state index contributed by atoms with van der Waals surface area (Å²) in [6, 6.07) is 9.91. The molecule has 1 aliphatic heterocycles. The van der Waals surface area contributed by atoms with Crippen LogP contribution in [0, 0.1) is 0 Å². The number of nitrogens with two attached hydrogens (primary N) is 1. The fourth-order valence-electron chi connectivity index (χ4n) is 3.98. The number of rotatable bonds is 9. The molecule has 0 unspecified atom stereocenters. The molecule has 8 heteroatoms. The number of para-hydroxylation sites is 1. The molecule has 0 aliphatic carbocycles. The molecular weight excluding hydrogens is 414 g/mol. The molecule has 1 saturated heterocycles. The Balaban J connectivity index is 1.46. The van der Waals surface area contributed by atoms with Crippen LogP contribution in [0.2, 0.25) is 0 Å². The van der Waals surface area contributed by atoms with Gasteiger partial charge in [-0.1, -0.05) is 25.1 Å². The fraction of sp³-hybridized carbons (Fsp3) is 0.478. The van der Waals surface area contributed by atoms with Crippen molar-refractivity contribution in [3.8, 4) is 0 Å². The van der Waals surface area contributed by atoms with Gasteiger partial charge < -0.3 is 26.2 Å². The zero-order valence-corrected chi connectivity index (χ0v) is 18.6. The quantitative estimate of drug-likeness (QED) is 0.439. The van der Waals surface area contributed by atoms with Crippen LogP contribution in [0.3, 0.4) is 0 Å². The molecule has 0 bridgehead atoms. The number of benzene rings is 1. The van der Waals surface area contributed by atoms with Gasteiger partial charge in [0.15, 0.2) is 12.2 Å². The van der Waals surface area contributed by atoms with E-state index in [1.165, 1.54) is 0 Å². The zero-order chi connectivity index (χ0) is 22.4. The lowest BCUT2D eigenvalue weighted by Crippen LogP contribution is -2.52. The molecule has 1 aromatic carbocycles. The van der Waals surface area contributed by atoms with Gasteiger partial charge in [-0.25, -0.2) is 0 Å². The van der Waals surface area contributed by atoms with Gasteiger partial charge in [-0.2, -0.15) is 0 Å². The van der Waals surface area contributed by atoms with Crippen molar-refractivity contribution >= 4 is 28.8 Å². The third-order valence-electron chi connectivity index (χ3n) is 5.78. The first-order chi connectivity index (χ1) is 14.9. The van der Waals surface area contributed by atoms with Gasteiger partial charge in [0.1, 0.15) is 0 Å². The van der Waals surface area contributed by atoms with E-state index in [-0.39, 0.29) is 6.04 Å². The first-order valence-electron chi connectivity index (χ1n) is 10.7. The summed E-state index contributed by atoms with van der Waals surface area (Å²) in [5, 5.41) is 25.0. The first-order valence-corrected chi connectivity index (χ1v) is 11.6. The average molecular weight is 446 g/mol. The highest BCUT2D eigenvalue weighted by molar-refractivity contribution is 7.10. The third-order valence-corrected chi connectivity index (χ3v) is 6.83. The molecule has 1 aliphatic rings. The molecule has 2 heterocycles. The van der Waals surface area contributed by atoms with Crippen LogP contribution in [-0.4, -0.2) is 58.3 Å². The number of amides is 2. The highest BCUT2D eigenvalue weighted by Crippen LogP contribution is 2.22. The summed E-state index contributed by atoms with van der Waals surface area (Å²) in [6.07, 6.45) is 0.387. The molecule has 0 spiro atoms. The van der Waals surface area contributed by atoms with E-state index < -0.39 is 24.0 Å². The molecule has 2 amide bonds. The number of hydrogen-bond donors (Lipinski definition) is 4. The Hall–Kier alpha value is -2.42. The number of likely N-dealkylation sites (tertiary alicyclic amines) is 1. The highest BCUT2D eigenvalue weighted by Gasteiger charge is 2.37. The Labute approximate surface area is 186 Å². The maximum Gasteiger partial charge on any atom is 0.254 e. The standard InChI is InChI=1S/C23H31N3O4S/c1-2-17-7-5-11-26(17)23(30)21(28)20(27)22(29)25-10-9-18-13-15(14-31-18)12-16-6-3-4-8-19(16)24/h3-4,6,8,13-14,17,20-21,27-28H,2,5,7,9-12,24H2,1H3,(H,25,29)/t17-,20+,21+/m0/s1. The van der Waals surface area contributed by atoms with Crippen molar-refractivity contribution in [3.05, 3.63) is 51.7 Å². The Bertz CT molecular complexity index is 900. The topological polar surface area (TPSA) is 116 Å². The van der Waals surface area contributed by atoms with Gasteiger partial charge in [-0.3, -0.25) is 9.59 Å². The van der Waals surface area contributed by atoms with E-state index >= 15 is 0 Å². The smallest absolute Gasteiger partial charge is 0.254 e. The Morgan fingerprint density at radius 1 is 1.29 bits per heavy atom. The molecule has 31 heavy (non-hydrogen) atoms. The number of aliphatic hydroxyl groups is 2. The molecule has 5 N–H and O–H groups in total. The highest BCUT2D eigenvalue weighted by atomic mass is 32.1. The van der Waals surface area contributed by atoms with E-state index in [0.29, 0.717) is 19.5 Å². The number of nitrogens with one attached hydrogen (secondary N) is 1. The summed E-state index contributed by atoms with van der Waals surface area (Å²) < 4.78 is 0. The second-order valence-electron chi connectivity index (χ2n) is 7.96. The monoisotopic (exact) mass is 445 g/mol. The molecule has 2 aromatic rings. The lowest BCUT2D eigenvalue weighted by atomic mass is 10.1. The summed E-state index contributed by atoms with van der Waals surface area (Å²) in [5.74, 6) is -1.31. The molecule has 3 atom stereocenters. The van der Waals surface area contributed by atoms with Crippen molar-refractivity contribution in [2.24, 2.45) is 0 Å². The average Bonchev–Trinajstić information content (AvgIpc) is 3.43. The molecule has 168 valence electrons. The van der Waals surface area contributed by atoms with E-state index in [1.807, 2.05) is 31.2 Å². The van der Waals surface area contributed by atoms with Crippen LogP contribution in [0.5, 0.6) is 0 Å². The number of anilines is 1. The van der Waals surface area contributed by atoms with E-state index in [0.717, 1.165) is 47.4 Å². The second kappa shape index (κ2) is 10.7. The van der Waals surface area contributed by atoms with Crippen LogP contribution in [0.25, 0.3) is 0 Å². The number of carbonyl (C=O) groups excluding carboxylic acids is 2. The van der Waals surface area contributed by atoms with E-state index in [4.69, 9.17) is 5.73 Å². The van der Waals surface area contributed by atoms with Crippen molar-refractivity contribution in [1.29, 1.82) is 0 Å². The van der Waals surface area contributed by atoms with Gasteiger partial charge in [0.2, 0.25) is 0 Å². The van der Waals surface area contributed by atoms with Gasteiger partial charge in [0.05, 0.1) is 0 Å². The van der Waals surface area contributed by atoms with Crippen LogP contribution in [0.1, 0.15) is 42.2 Å². The van der Waals surface area contributed by atoms with Crippen molar-refractivity contribution in [1.82, 2.24) is 10.2 Å². The van der Waals surface area contributed by atoms with Gasteiger partial charge in [-0.15, -0.1) is 11.3 Å². The van der Waals surface area contributed by atoms with Gasteiger partial charge in [-0.05, 0) is 54.3 Å². The predicted octanol–water partition coefficient (Wildman–Crippen LogP) is 1.70. The zero-order valence-electron chi connectivity index (χ0n) is 17.8. The molecule has 0 radical (unpaired) electrons. The maximum atomic E-state index is 12.5. The first kappa shape index (κ1) is 23.2. The number of carbonyl (C=O) groups is 2. The molecule has 1 fully saturated rings. The molecular formula is C23H31N3O4S. The van der Waals surface area contributed by atoms with Crippen LogP contribution in [-0.2, 0) is 22.4 Å². The summed E-state index contributed by atoms with van der Waals surface area (Å²) >= 11 is 1.60. The number of thiophene rings is 1. The Kier molecular flexibility index (Phi) is 8.06. The van der Waals surface area contributed by atoms with Crippen molar-refractivity contribution < 1.29 is 19.8 Å². The summed E-state index contributed by atoms with van der Waals surface area (Å²) in [5.41, 5.74) is 9.00. The van der Waals surface area contributed by atoms with Gasteiger partial charge in [0.25, 0.3) is 11.8 Å². The molecule has 0 saturated carbocycles. The van der Waals surface area contributed by atoms with E-state index in [2.05, 4.69) is 16.8 Å². The summed E-state index contributed by atoms with van der Waals surface area (Å²) in [4.78, 5) is 27.4. The second-order valence-corrected chi connectivity index (χ2v) is 8.96. The largest absolute Gasteiger partial charge is 0.398 e. The number of aliphatic hydroxyl groups excluding tert-OH is 2. The third kappa shape index (κ3) is 5.84. The van der Waals surface area contributed by atoms with Crippen LogP contribution >= 0.6 is 11.3 Å². The van der Waals surface area contributed by atoms with Crippen molar-refractivity contribution in [3.63, 3.8) is 0 Å². The molecule has 3 rings (SSSR count). The number of nitrogens with zero attached hydrogens (tertiary/aromatic N) is 1. The maximum absolute atomic E-state index is 12.5. The van der Waals surface area contributed by atoms with E-state index in [1.54, 1.807) is 16.2 Å². The minimum atomic E-state index is -1.77. The predicted molar refractivity (Wildman–Crippen MR) is 122 cm³/mol. The van der Waals surface area contributed by atoms with Crippen molar-refractivity contribution in [2.45, 2.75) is 57.3 Å². The Morgan fingerprint density at radius 3 is 2.81 bits per heavy atom. The molecule has 7 nitrogen and oxygen atoms in total. The van der Waals surface area contributed by atoms with Gasteiger partial charge >= 0.3 is 0 Å². The van der Waals surface area contributed by atoms with Crippen LogP contribution in [0.4, 0.5) is 5.69 Å². The van der Waals surface area contributed by atoms with Crippen LogP contribution in [0.15, 0.2) is 35.7 Å². The summed E-state index contributed by atoms with van der Waals surface area (Å²) in [6.45, 7) is 2.85. The minimum Gasteiger partial charge on any atom is -0.398 e. The molecule has 1 aromatic heterocycles. The number of hydrogen-bond acceptors (Lipinski definition) is 6. The van der Waals surface area contributed by atoms with E-state index in [9.17, 15) is 19.8 Å². The van der Waals surface area contributed by atoms with Gasteiger partial charge in [0, 0.05) is 36.1 Å². The lowest BCUT2D eigenvalue weighted by molar-refractivity contribution is -0.153. The number of nitrogen functional groups attached to an aromatic ring is 1. The fourth-order valence-corrected chi connectivity index (χ4v) is 4.87. The SMILES string of the molecule is CC[C@H]1CCCN1C(=O)[C@H](O)[C@@H](O)C(=O)NCCc1cc(Cc2ccccc2N)cs1. The van der Waals surface area contributed by atoms with Crippen LogP contribution < -0.4 is 11.1 Å². The normalized spacial score (nSPS) is 18.0. The summed E-state index contributed by atoms with van der Waals surface area (Å²) in [7, 11) is 0. The lowest BCUT2D eigenvalue weighted by Gasteiger charge is -2.27. The Morgan fingerprint density at radius 2 is 2.06 bits per heavy atom.